The molecule has 29 heavy (non-hydrogen) atoms. The molecule has 0 bridgehead atoms. The quantitative estimate of drug-likeness (QED) is 0.642. The lowest BCUT2D eigenvalue weighted by atomic mass is 10.3. The van der Waals surface area contributed by atoms with Gasteiger partial charge in [0.15, 0.2) is 11.6 Å². The summed E-state index contributed by atoms with van der Waals surface area (Å²) in [6.07, 6.45) is 1.48. The van der Waals surface area contributed by atoms with E-state index in [-0.39, 0.29) is 17.8 Å². The summed E-state index contributed by atoms with van der Waals surface area (Å²) in [6, 6.07) is 12.5. The van der Waals surface area contributed by atoms with E-state index in [1.807, 2.05) is 0 Å². The first kappa shape index (κ1) is 20.2. The molecular formula is C19H15F2N3O4S. The summed E-state index contributed by atoms with van der Waals surface area (Å²) >= 11 is 0. The molecule has 3 aromatic rings. The Kier molecular flexibility index (Phi) is 5.74. The number of anilines is 2. The maximum Gasteiger partial charge on any atom is 0.261 e. The number of aromatic nitrogens is 1. The summed E-state index contributed by atoms with van der Waals surface area (Å²) in [4.78, 5) is 23.2. The molecule has 2 N–H and O–H groups in total. The third-order valence-corrected chi connectivity index (χ3v) is 5.21. The fourth-order valence-electron chi connectivity index (χ4n) is 2.43. The zero-order valence-electron chi connectivity index (χ0n) is 14.8. The maximum atomic E-state index is 13.3. The second-order valence-electron chi connectivity index (χ2n) is 5.97. The first-order valence-corrected chi connectivity index (χ1v) is 9.76. The van der Waals surface area contributed by atoms with E-state index >= 15 is 0 Å². The molecule has 1 amide bonds. The lowest BCUT2D eigenvalue weighted by Gasteiger charge is -2.10. The van der Waals surface area contributed by atoms with Gasteiger partial charge >= 0.3 is 0 Å². The number of amides is 1. The highest BCUT2D eigenvalue weighted by Crippen LogP contribution is 2.20. The molecule has 0 spiro atoms. The minimum atomic E-state index is -4.12. The average molecular weight is 419 g/mol. The van der Waals surface area contributed by atoms with Crippen molar-refractivity contribution in [2.45, 2.75) is 11.4 Å². The Morgan fingerprint density at radius 1 is 0.931 bits per heavy atom. The Morgan fingerprint density at radius 2 is 1.62 bits per heavy atom. The summed E-state index contributed by atoms with van der Waals surface area (Å²) in [5.74, 6) is -2.86. The van der Waals surface area contributed by atoms with Gasteiger partial charge in [-0.3, -0.25) is 14.3 Å². The number of nitrogens with zero attached hydrogens (tertiary/aromatic N) is 1. The number of pyridine rings is 1. The van der Waals surface area contributed by atoms with Gasteiger partial charge in [0.2, 0.25) is 5.91 Å². The van der Waals surface area contributed by atoms with Gasteiger partial charge in [-0.2, -0.15) is 0 Å². The van der Waals surface area contributed by atoms with Crippen LogP contribution in [0.15, 0.2) is 76.6 Å². The molecule has 1 aromatic heterocycles. The fourth-order valence-corrected chi connectivity index (χ4v) is 3.50. The number of nitrogens with one attached hydrogen (secondary N) is 2. The van der Waals surface area contributed by atoms with E-state index in [1.165, 1.54) is 41.1 Å². The standard InChI is InChI=1S/C19H15F2N3O4S/c20-16-9-8-15(11-17(16)21)29(27,28)23-14-6-4-13(5-7-14)22-18(25)12-24-10-2-1-3-19(24)26/h1-11,23H,12H2,(H,22,25). The largest absolute Gasteiger partial charge is 0.325 e. The first-order valence-electron chi connectivity index (χ1n) is 8.28. The molecule has 0 radical (unpaired) electrons. The highest BCUT2D eigenvalue weighted by Gasteiger charge is 2.16. The van der Waals surface area contributed by atoms with Crippen molar-refractivity contribution in [1.29, 1.82) is 0 Å². The number of halogens is 2. The summed E-state index contributed by atoms with van der Waals surface area (Å²) < 4.78 is 54.2. The van der Waals surface area contributed by atoms with Crippen LogP contribution in [0, 0.1) is 11.6 Å². The monoisotopic (exact) mass is 419 g/mol. The minimum absolute atomic E-state index is 0.159. The van der Waals surface area contributed by atoms with Gasteiger partial charge in [0.1, 0.15) is 6.54 Å². The predicted octanol–water partition coefficient (Wildman–Crippen LogP) is 2.57. The number of carbonyl (C=O) groups is 1. The van der Waals surface area contributed by atoms with Gasteiger partial charge in [-0.25, -0.2) is 17.2 Å². The Labute approximate surface area is 164 Å². The molecule has 0 atom stereocenters. The average Bonchev–Trinajstić information content (AvgIpc) is 2.67. The Bertz CT molecular complexity index is 1210. The lowest BCUT2D eigenvalue weighted by Crippen LogP contribution is -2.26. The van der Waals surface area contributed by atoms with E-state index in [2.05, 4.69) is 10.0 Å². The van der Waals surface area contributed by atoms with Gasteiger partial charge in [-0.15, -0.1) is 0 Å². The van der Waals surface area contributed by atoms with Gasteiger partial charge < -0.3 is 9.88 Å². The molecule has 1 heterocycles. The molecule has 0 unspecified atom stereocenters. The Hall–Kier alpha value is -3.53. The molecule has 7 nitrogen and oxygen atoms in total. The van der Waals surface area contributed by atoms with Crippen LogP contribution in [0.2, 0.25) is 0 Å². The lowest BCUT2D eigenvalue weighted by molar-refractivity contribution is -0.116. The highest BCUT2D eigenvalue weighted by molar-refractivity contribution is 7.92. The van der Waals surface area contributed by atoms with Crippen molar-refractivity contribution in [3.05, 3.63) is 88.8 Å². The van der Waals surface area contributed by atoms with Gasteiger partial charge in [-0.05, 0) is 48.5 Å². The highest BCUT2D eigenvalue weighted by atomic mass is 32.2. The van der Waals surface area contributed by atoms with Crippen LogP contribution in [0.1, 0.15) is 0 Å². The van der Waals surface area contributed by atoms with E-state index in [0.717, 1.165) is 12.1 Å². The maximum absolute atomic E-state index is 13.3. The van der Waals surface area contributed by atoms with Crippen LogP contribution in [0.25, 0.3) is 0 Å². The number of benzene rings is 2. The fraction of sp³-hybridized carbons (Fsp3) is 0.0526. The number of carbonyl (C=O) groups excluding carboxylic acids is 1. The van der Waals surface area contributed by atoms with Crippen LogP contribution in [0.3, 0.4) is 0 Å². The molecule has 0 saturated heterocycles. The molecule has 3 rings (SSSR count). The molecule has 10 heteroatoms. The molecule has 0 aliphatic carbocycles. The zero-order chi connectivity index (χ0) is 21.0. The summed E-state index contributed by atoms with van der Waals surface area (Å²) in [7, 11) is -4.12. The summed E-state index contributed by atoms with van der Waals surface area (Å²) in [5, 5.41) is 2.59. The Morgan fingerprint density at radius 3 is 2.28 bits per heavy atom. The molecule has 0 aliphatic heterocycles. The van der Waals surface area contributed by atoms with Crippen molar-refractivity contribution in [2.24, 2.45) is 0 Å². The molecule has 150 valence electrons. The van der Waals surface area contributed by atoms with Crippen molar-refractivity contribution >= 4 is 27.3 Å². The summed E-state index contributed by atoms with van der Waals surface area (Å²) in [6.45, 7) is -0.176. The van der Waals surface area contributed by atoms with Crippen LogP contribution in [0.5, 0.6) is 0 Å². The Balaban J connectivity index is 1.66. The molecule has 2 aromatic carbocycles. The summed E-state index contributed by atoms with van der Waals surface area (Å²) in [5.41, 5.74) is 0.228. The number of hydrogen-bond donors (Lipinski definition) is 2. The van der Waals surface area contributed by atoms with Crippen LogP contribution in [-0.2, 0) is 21.4 Å². The van der Waals surface area contributed by atoms with Crippen molar-refractivity contribution in [3.63, 3.8) is 0 Å². The zero-order valence-corrected chi connectivity index (χ0v) is 15.6. The van der Waals surface area contributed by atoms with Crippen molar-refractivity contribution in [1.82, 2.24) is 4.57 Å². The molecule has 0 fully saturated rings. The molecule has 0 aliphatic rings. The van der Waals surface area contributed by atoms with Crippen molar-refractivity contribution in [3.8, 4) is 0 Å². The molecular weight excluding hydrogens is 404 g/mol. The van der Waals surface area contributed by atoms with Crippen molar-refractivity contribution < 1.29 is 22.0 Å². The van der Waals surface area contributed by atoms with Crippen LogP contribution in [0.4, 0.5) is 20.2 Å². The second-order valence-corrected chi connectivity index (χ2v) is 7.66. The van der Waals surface area contributed by atoms with E-state index in [1.54, 1.807) is 12.1 Å². The topological polar surface area (TPSA) is 97.3 Å². The first-order chi connectivity index (χ1) is 13.7. The van der Waals surface area contributed by atoms with E-state index in [4.69, 9.17) is 0 Å². The number of hydrogen-bond acceptors (Lipinski definition) is 4. The van der Waals surface area contributed by atoms with Gasteiger partial charge in [0, 0.05) is 23.6 Å². The van der Waals surface area contributed by atoms with Gasteiger partial charge in [0.05, 0.1) is 4.90 Å². The SMILES string of the molecule is O=C(Cn1ccccc1=O)Nc1ccc(NS(=O)(=O)c2ccc(F)c(F)c2)cc1. The normalized spacial score (nSPS) is 11.1. The third-order valence-electron chi connectivity index (χ3n) is 3.84. The van der Waals surface area contributed by atoms with Crippen LogP contribution in [-0.4, -0.2) is 18.9 Å². The smallest absolute Gasteiger partial charge is 0.261 e. The van der Waals surface area contributed by atoms with E-state index in [9.17, 15) is 26.8 Å². The minimum Gasteiger partial charge on any atom is -0.325 e. The number of rotatable bonds is 6. The van der Waals surface area contributed by atoms with Crippen LogP contribution < -0.4 is 15.6 Å². The van der Waals surface area contributed by atoms with Gasteiger partial charge in [-0.1, -0.05) is 6.07 Å². The third kappa shape index (κ3) is 5.05. The van der Waals surface area contributed by atoms with E-state index < -0.39 is 32.5 Å². The molecule has 0 saturated carbocycles. The van der Waals surface area contributed by atoms with E-state index in [0.29, 0.717) is 11.8 Å². The van der Waals surface area contributed by atoms with Crippen molar-refractivity contribution in [2.75, 3.05) is 10.0 Å². The number of sulfonamides is 1. The van der Waals surface area contributed by atoms with Gasteiger partial charge in [0.25, 0.3) is 15.6 Å². The predicted molar refractivity (Wildman–Crippen MR) is 103 cm³/mol. The van der Waals surface area contributed by atoms with Crippen LogP contribution >= 0.6 is 0 Å². The second kappa shape index (κ2) is 8.23.